The summed E-state index contributed by atoms with van der Waals surface area (Å²) in [5, 5.41) is 6.81. The molecule has 178 valence electrons. The van der Waals surface area contributed by atoms with Gasteiger partial charge in [-0.15, -0.1) is 0 Å². The predicted octanol–water partition coefficient (Wildman–Crippen LogP) is 2.55. The Morgan fingerprint density at radius 1 is 0.938 bits per heavy atom. The molecule has 7 nitrogen and oxygen atoms in total. The van der Waals surface area contributed by atoms with E-state index in [1.54, 1.807) is 0 Å². The van der Waals surface area contributed by atoms with E-state index in [9.17, 15) is 4.79 Å². The number of carbonyl (C=O) groups is 1. The fourth-order valence-corrected chi connectivity index (χ4v) is 4.45. The lowest BCUT2D eigenvalue weighted by atomic mass is 10.2. The minimum atomic E-state index is 0.320. The Morgan fingerprint density at radius 3 is 2.53 bits per heavy atom. The number of guanidine groups is 1. The number of benzene rings is 1. The largest absolute Gasteiger partial charge is 0.369 e. The normalized spacial score (nSPS) is 18.5. The van der Waals surface area contributed by atoms with E-state index in [-0.39, 0.29) is 0 Å². The van der Waals surface area contributed by atoms with E-state index in [4.69, 9.17) is 4.99 Å². The third-order valence-electron chi connectivity index (χ3n) is 6.31. The highest BCUT2D eigenvalue weighted by molar-refractivity contribution is 5.79. The lowest BCUT2D eigenvalue weighted by Gasteiger charge is -2.36. The second-order valence-corrected chi connectivity index (χ2v) is 8.75. The van der Waals surface area contributed by atoms with Crippen molar-refractivity contribution in [2.75, 3.05) is 70.3 Å². The van der Waals surface area contributed by atoms with Crippen LogP contribution in [0.25, 0.3) is 0 Å². The van der Waals surface area contributed by atoms with Crippen LogP contribution in [0.15, 0.2) is 35.3 Å². The number of carbonyl (C=O) groups excluding carboxylic acids is 1. The van der Waals surface area contributed by atoms with Crippen LogP contribution >= 0.6 is 0 Å². The predicted molar refractivity (Wildman–Crippen MR) is 133 cm³/mol. The van der Waals surface area contributed by atoms with Gasteiger partial charge in [0.2, 0.25) is 5.91 Å². The zero-order valence-electron chi connectivity index (χ0n) is 19.9. The van der Waals surface area contributed by atoms with Gasteiger partial charge in [-0.1, -0.05) is 24.6 Å². The molecule has 2 aliphatic rings. The van der Waals surface area contributed by atoms with Crippen LogP contribution in [-0.4, -0.2) is 87.1 Å². The van der Waals surface area contributed by atoms with Gasteiger partial charge >= 0.3 is 0 Å². The van der Waals surface area contributed by atoms with Gasteiger partial charge in [0.1, 0.15) is 0 Å². The Labute approximate surface area is 194 Å². The van der Waals surface area contributed by atoms with Gasteiger partial charge in [-0.25, -0.2) is 0 Å². The van der Waals surface area contributed by atoms with Crippen LogP contribution in [0.5, 0.6) is 0 Å². The molecule has 1 aromatic rings. The molecule has 32 heavy (non-hydrogen) atoms. The van der Waals surface area contributed by atoms with Crippen molar-refractivity contribution in [3.05, 3.63) is 30.3 Å². The van der Waals surface area contributed by atoms with Crippen molar-refractivity contribution in [3.63, 3.8) is 0 Å². The van der Waals surface area contributed by atoms with Crippen LogP contribution in [-0.2, 0) is 4.79 Å². The zero-order valence-corrected chi connectivity index (χ0v) is 19.9. The molecule has 0 saturated carbocycles. The lowest BCUT2D eigenvalue weighted by Crippen LogP contribution is -2.47. The maximum absolute atomic E-state index is 12.1. The summed E-state index contributed by atoms with van der Waals surface area (Å²) in [6.07, 6.45) is 6.11. The van der Waals surface area contributed by atoms with Crippen molar-refractivity contribution in [2.45, 2.75) is 45.4 Å². The van der Waals surface area contributed by atoms with Gasteiger partial charge in [-0.3, -0.25) is 14.7 Å². The molecule has 3 rings (SSSR count). The Balaban J connectivity index is 1.29. The quantitative estimate of drug-likeness (QED) is 0.331. The molecular formula is C25H42N6O. The second-order valence-electron chi connectivity index (χ2n) is 8.75. The fourth-order valence-electron chi connectivity index (χ4n) is 4.45. The minimum absolute atomic E-state index is 0.320. The van der Waals surface area contributed by atoms with Gasteiger partial charge < -0.3 is 20.4 Å². The van der Waals surface area contributed by atoms with Crippen LogP contribution < -0.4 is 15.5 Å². The van der Waals surface area contributed by atoms with Crippen molar-refractivity contribution in [2.24, 2.45) is 4.99 Å². The van der Waals surface area contributed by atoms with Crippen molar-refractivity contribution >= 4 is 17.6 Å². The first-order chi connectivity index (χ1) is 15.8. The molecule has 2 heterocycles. The standard InChI is InChI=1S/C25H42N6O/c1-2-26-25(28-15-10-18-31-17-8-4-7-13-24(31)32)27-14-9-16-29-19-21-30(22-20-29)23-11-5-3-6-12-23/h3,5-6,11-12H,2,4,7-10,13-22H2,1H3,(H2,26,27,28). The monoisotopic (exact) mass is 442 g/mol. The van der Waals surface area contributed by atoms with Crippen molar-refractivity contribution in [1.29, 1.82) is 0 Å². The Morgan fingerprint density at radius 2 is 1.75 bits per heavy atom. The molecule has 0 bridgehead atoms. The van der Waals surface area contributed by atoms with Gasteiger partial charge in [0.25, 0.3) is 0 Å². The Hall–Kier alpha value is -2.28. The highest BCUT2D eigenvalue weighted by Gasteiger charge is 2.17. The highest BCUT2D eigenvalue weighted by Crippen LogP contribution is 2.15. The molecule has 2 N–H and O–H groups in total. The van der Waals surface area contributed by atoms with E-state index in [1.807, 2.05) is 4.90 Å². The number of amides is 1. The van der Waals surface area contributed by atoms with E-state index in [0.717, 1.165) is 104 Å². The van der Waals surface area contributed by atoms with Crippen LogP contribution in [0.3, 0.4) is 0 Å². The summed E-state index contributed by atoms with van der Waals surface area (Å²) in [6, 6.07) is 10.7. The highest BCUT2D eigenvalue weighted by atomic mass is 16.2. The lowest BCUT2D eigenvalue weighted by molar-refractivity contribution is -0.130. The van der Waals surface area contributed by atoms with E-state index in [1.165, 1.54) is 12.1 Å². The number of hydrogen-bond donors (Lipinski definition) is 2. The Kier molecular flexibility index (Phi) is 10.7. The van der Waals surface area contributed by atoms with Crippen molar-refractivity contribution in [3.8, 4) is 0 Å². The summed E-state index contributed by atoms with van der Waals surface area (Å²) in [7, 11) is 0. The SMILES string of the molecule is CCNC(=NCCCN1CCCCCC1=O)NCCCN1CCN(c2ccccc2)CC1. The molecule has 1 amide bonds. The molecule has 1 aromatic carbocycles. The number of hydrogen-bond acceptors (Lipinski definition) is 4. The third kappa shape index (κ3) is 8.34. The molecule has 0 unspecified atom stereocenters. The number of para-hydroxylation sites is 1. The summed E-state index contributed by atoms with van der Waals surface area (Å²) in [5.74, 6) is 1.21. The smallest absolute Gasteiger partial charge is 0.222 e. The van der Waals surface area contributed by atoms with Gasteiger partial charge in [-0.2, -0.15) is 0 Å². The summed E-state index contributed by atoms with van der Waals surface area (Å²) < 4.78 is 0. The van der Waals surface area contributed by atoms with Crippen LogP contribution in [0, 0.1) is 0 Å². The van der Waals surface area contributed by atoms with Crippen LogP contribution in [0.2, 0.25) is 0 Å². The van der Waals surface area contributed by atoms with Gasteiger partial charge in [-0.05, 0) is 51.3 Å². The molecule has 0 atom stereocenters. The maximum atomic E-state index is 12.1. The molecule has 2 fully saturated rings. The van der Waals surface area contributed by atoms with Gasteiger partial charge in [0.15, 0.2) is 5.96 Å². The maximum Gasteiger partial charge on any atom is 0.222 e. The second kappa shape index (κ2) is 14.0. The zero-order chi connectivity index (χ0) is 22.4. The first-order valence-electron chi connectivity index (χ1n) is 12.6. The summed E-state index contributed by atoms with van der Waals surface area (Å²) in [5.41, 5.74) is 1.33. The molecule has 0 radical (unpaired) electrons. The number of rotatable bonds is 10. The van der Waals surface area contributed by atoms with Gasteiger partial charge in [0, 0.05) is 71.0 Å². The van der Waals surface area contributed by atoms with Crippen LogP contribution in [0.4, 0.5) is 5.69 Å². The van der Waals surface area contributed by atoms with E-state index >= 15 is 0 Å². The van der Waals surface area contributed by atoms with Crippen molar-refractivity contribution < 1.29 is 4.79 Å². The molecule has 0 aliphatic carbocycles. The summed E-state index contributed by atoms with van der Waals surface area (Å²) in [6.45, 7) is 11.9. The number of likely N-dealkylation sites (tertiary alicyclic amines) is 1. The fraction of sp³-hybridized carbons (Fsp3) is 0.680. The molecule has 2 aliphatic heterocycles. The first-order valence-corrected chi connectivity index (χ1v) is 12.6. The third-order valence-corrected chi connectivity index (χ3v) is 6.31. The number of anilines is 1. The summed E-state index contributed by atoms with van der Waals surface area (Å²) in [4.78, 5) is 23.9. The Bertz CT molecular complexity index is 687. The summed E-state index contributed by atoms with van der Waals surface area (Å²) >= 11 is 0. The molecule has 7 heteroatoms. The average Bonchev–Trinajstić information content (AvgIpc) is 3.04. The number of nitrogens with one attached hydrogen (secondary N) is 2. The minimum Gasteiger partial charge on any atom is -0.369 e. The number of aliphatic imine (C=N–C) groups is 1. The molecule has 2 saturated heterocycles. The topological polar surface area (TPSA) is 63.2 Å². The van der Waals surface area contributed by atoms with E-state index < -0.39 is 0 Å². The molecule has 0 spiro atoms. The van der Waals surface area contributed by atoms with Gasteiger partial charge in [0.05, 0.1) is 0 Å². The number of piperazine rings is 1. The first kappa shape index (κ1) is 24.4. The van der Waals surface area contributed by atoms with Crippen molar-refractivity contribution in [1.82, 2.24) is 20.4 Å². The average molecular weight is 443 g/mol. The number of nitrogens with zero attached hydrogens (tertiary/aromatic N) is 4. The molecular weight excluding hydrogens is 400 g/mol. The molecule has 0 aromatic heterocycles. The van der Waals surface area contributed by atoms with Crippen LogP contribution in [0.1, 0.15) is 45.4 Å². The van der Waals surface area contributed by atoms with E-state index in [0.29, 0.717) is 5.91 Å². The van der Waals surface area contributed by atoms with E-state index in [2.05, 4.69) is 57.7 Å².